The van der Waals surface area contributed by atoms with Crippen LogP contribution in [0, 0.1) is 12.8 Å². The highest BCUT2D eigenvalue weighted by Gasteiger charge is 2.56. The van der Waals surface area contributed by atoms with E-state index in [0.717, 1.165) is 21.8 Å². The molecule has 3 atom stereocenters. The first kappa shape index (κ1) is 20.8. The lowest BCUT2D eigenvalue weighted by Gasteiger charge is -2.30. The number of benzene rings is 2. The fourth-order valence-electron chi connectivity index (χ4n) is 4.32. The topological polar surface area (TPSA) is 99.7 Å². The summed E-state index contributed by atoms with van der Waals surface area (Å²) >= 11 is 2.29. The number of anilines is 1. The molecule has 2 amide bonds. The van der Waals surface area contributed by atoms with E-state index >= 15 is 0 Å². The SMILES string of the molecule is CCOc1cc([C@H]2c3sc(=O)[nH]c3SC3C(=O)N(c4ccc(C)cc4)C(=O)C32)ccc1O. The van der Waals surface area contributed by atoms with Crippen LogP contribution >= 0.6 is 23.1 Å². The van der Waals surface area contributed by atoms with Crippen LogP contribution in [0.5, 0.6) is 11.5 Å². The molecule has 0 radical (unpaired) electrons. The van der Waals surface area contributed by atoms with E-state index in [1.54, 1.807) is 24.3 Å². The van der Waals surface area contributed by atoms with Gasteiger partial charge in [-0.1, -0.05) is 46.9 Å². The van der Waals surface area contributed by atoms with Gasteiger partial charge in [-0.05, 0) is 43.7 Å². The van der Waals surface area contributed by atoms with E-state index in [2.05, 4.69) is 4.98 Å². The Kier molecular flexibility index (Phi) is 5.10. The fourth-order valence-corrected chi connectivity index (χ4v) is 6.83. The first-order valence-corrected chi connectivity index (χ1v) is 11.9. The molecule has 0 spiro atoms. The number of aromatic amines is 1. The number of fused-ring (bicyclic) bond motifs is 2. The molecule has 2 aromatic carbocycles. The number of rotatable bonds is 4. The summed E-state index contributed by atoms with van der Waals surface area (Å²) in [6.07, 6.45) is 0. The molecule has 5 rings (SSSR count). The normalized spacial score (nSPS) is 22.1. The van der Waals surface area contributed by atoms with E-state index in [0.29, 0.717) is 28.6 Å². The van der Waals surface area contributed by atoms with Crippen LogP contribution in [0.15, 0.2) is 52.3 Å². The summed E-state index contributed by atoms with van der Waals surface area (Å²) in [5.41, 5.74) is 2.28. The lowest BCUT2D eigenvalue weighted by Crippen LogP contribution is -2.32. The maximum atomic E-state index is 13.6. The van der Waals surface area contributed by atoms with E-state index in [1.807, 2.05) is 26.0 Å². The van der Waals surface area contributed by atoms with Gasteiger partial charge in [0, 0.05) is 10.8 Å². The molecular formula is C23H20N2O5S2. The van der Waals surface area contributed by atoms with Crippen LogP contribution in [-0.4, -0.2) is 33.8 Å². The largest absolute Gasteiger partial charge is 0.504 e. The predicted octanol–water partition coefficient (Wildman–Crippen LogP) is 3.64. The number of phenolic OH excluding ortho intramolecular Hbond substituents is 1. The summed E-state index contributed by atoms with van der Waals surface area (Å²) in [6, 6.07) is 12.2. The zero-order valence-corrected chi connectivity index (χ0v) is 19.0. The number of hydrogen-bond donors (Lipinski definition) is 2. The average molecular weight is 469 g/mol. The molecule has 0 bridgehead atoms. The minimum absolute atomic E-state index is 0.00470. The quantitative estimate of drug-likeness (QED) is 0.567. The molecule has 0 saturated carbocycles. The Hall–Kier alpha value is -3.04. The third-order valence-corrected chi connectivity index (χ3v) is 8.16. The zero-order valence-electron chi connectivity index (χ0n) is 17.3. The third-order valence-electron chi connectivity index (χ3n) is 5.76. The van der Waals surface area contributed by atoms with E-state index in [-0.39, 0.29) is 22.4 Å². The van der Waals surface area contributed by atoms with Gasteiger partial charge in [0.1, 0.15) is 5.25 Å². The van der Waals surface area contributed by atoms with Crippen molar-refractivity contribution in [1.82, 2.24) is 4.98 Å². The molecule has 1 aromatic heterocycles. The molecule has 9 heteroatoms. The molecule has 0 aliphatic carbocycles. The van der Waals surface area contributed by atoms with Crippen LogP contribution < -0.4 is 14.5 Å². The highest BCUT2D eigenvalue weighted by atomic mass is 32.2. The minimum atomic E-state index is -0.674. The number of nitrogens with one attached hydrogen (secondary N) is 1. The fraction of sp³-hybridized carbons (Fsp3) is 0.261. The average Bonchev–Trinajstić information content (AvgIpc) is 3.25. The second kappa shape index (κ2) is 7.83. The molecule has 32 heavy (non-hydrogen) atoms. The Bertz CT molecular complexity index is 1280. The van der Waals surface area contributed by atoms with Crippen LogP contribution in [0.25, 0.3) is 0 Å². The number of aromatic hydroxyl groups is 1. The summed E-state index contributed by atoms with van der Waals surface area (Å²) in [6.45, 7) is 4.12. The first-order valence-electron chi connectivity index (χ1n) is 10.2. The van der Waals surface area contributed by atoms with Gasteiger partial charge in [0.25, 0.3) is 0 Å². The standard InChI is InChI=1S/C23H20N2O5S2/c1-3-30-15-10-12(6-9-14(15)26)16-17-19(31-20-18(16)32-23(29)24-20)22(28)25(21(17)27)13-7-4-11(2)5-8-13/h4-10,16-17,19,26H,3H2,1-2H3,(H,24,29)/t16-,17?,19?/m1/s1. The second-order valence-electron chi connectivity index (χ2n) is 7.76. The molecule has 164 valence electrons. The van der Waals surface area contributed by atoms with Gasteiger partial charge in [-0.25, -0.2) is 4.90 Å². The molecule has 1 saturated heterocycles. The van der Waals surface area contributed by atoms with Crippen molar-refractivity contribution in [2.45, 2.75) is 30.0 Å². The number of carbonyl (C=O) groups is 2. The third kappa shape index (κ3) is 3.23. The number of imide groups is 1. The van der Waals surface area contributed by atoms with E-state index < -0.39 is 17.1 Å². The van der Waals surface area contributed by atoms with Gasteiger partial charge in [0.15, 0.2) is 11.5 Å². The summed E-state index contributed by atoms with van der Waals surface area (Å²) in [5.74, 6) is -1.47. The summed E-state index contributed by atoms with van der Waals surface area (Å²) in [4.78, 5) is 43.8. The first-order chi connectivity index (χ1) is 15.4. The molecule has 7 nitrogen and oxygen atoms in total. The zero-order chi connectivity index (χ0) is 22.6. The number of hydrogen-bond acceptors (Lipinski definition) is 7. The molecule has 1 fully saturated rings. The van der Waals surface area contributed by atoms with Gasteiger partial charge in [0.2, 0.25) is 11.8 Å². The number of H-pyrrole nitrogens is 1. The Morgan fingerprint density at radius 3 is 2.56 bits per heavy atom. The molecule has 2 unspecified atom stereocenters. The maximum Gasteiger partial charge on any atom is 0.305 e. The lowest BCUT2D eigenvalue weighted by molar-refractivity contribution is -0.122. The predicted molar refractivity (Wildman–Crippen MR) is 123 cm³/mol. The molecule has 2 N–H and O–H groups in total. The van der Waals surface area contributed by atoms with Gasteiger partial charge in [-0.15, -0.1) is 0 Å². The van der Waals surface area contributed by atoms with Gasteiger partial charge in [-0.2, -0.15) is 0 Å². The van der Waals surface area contributed by atoms with Crippen molar-refractivity contribution >= 4 is 40.6 Å². The van der Waals surface area contributed by atoms with Gasteiger partial charge in [0.05, 0.1) is 23.2 Å². The monoisotopic (exact) mass is 468 g/mol. The molecule has 3 heterocycles. The smallest absolute Gasteiger partial charge is 0.305 e. The van der Waals surface area contributed by atoms with Crippen molar-refractivity contribution in [3.05, 3.63) is 68.1 Å². The van der Waals surface area contributed by atoms with Crippen molar-refractivity contribution in [1.29, 1.82) is 0 Å². The second-order valence-corrected chi connectivity index (χ2v) is 9.92. The number of aromatic nitrogens is 1. The lowest BCUT2D eigenvalue weighted by atomic mass is 9.83. The molecule has 2 aliphatic rings. The number of phenols is 1. The van der Waals surface area contributed by atoms with E-state index in [9.17, 15) is 19.5 Å². The number of amides is 2. The number of aryl methyl sites for hydroxylation is 1. The number of thiazole rings is 1. The van der Waals surface area contributed by atoms with Crippen molar-refractivity contribution < 1.29 is 19.4 Å². The van der Waals surface area contributed by atoms with Crippen LogP contribution in [0.3, 0.4) is 0 Å². The number of ether oxygens (including phenoxy) is 1. The van der Waals surface area contributed by atoms with Gasteiger partial charge < -0.3 is 14.8 Å². The minimum Gasteiger partial charge on any atom is -0.504 e. The van der Waals surface area contributed by atoms with Crippen molar-refractivity contribution in [3.63, 3.8) is 0 Å². The van der Waals surface area contributed by atoms with Crippen LogP contribution in [-0.2, 0) is 9.59 Å². The Morgan fingerprint density at radius 2 is 1.84 bits per heavy atom. The van der Waals surface area contributed by atoms with Crippen molar-refractivity contribution in [2.75, 3.05) is 11.5 Å². The number of thioether (sulfide) groups is 1. The Labute approximate surface area is 192 Å². The van der Waals surface area contributed by atoms with Gasteiger partial charge >= 0.3 is 4.87 Å². The van der Waals surface area contributed by atoms with Crippen LogP contribution in [0.2, 0.25) is 0 Å². The number of nitrogens with zero attached hydrogens (tertiary/aromatic N) is 1. The van der Waals surface area contributed by atoms with Crippen molar-refractivity contribution in [2.24, 2.45) is 5.92 Å². The number of carbonyl (C=O) groups excluding carboxylic acids is 2. The Morgan fingerprint density at radius 1 is 1.09 bits per heavy atom. The maximum absolute atomic E-state index is 13.6. The highest BCUT2D eigenvalue weighted by molar-refractivity contribution is 8.00. The highest BCUT2D eigenvalue weighted by Crippen LogP contribution is 2.53. The van der Waals surface area contributed by atoms with Crippen LogP contribution in [0.4, 0.5) is 5.69 Å². The van der Waals surface area contributed by atoms with Crippen LogP contribution in [0.1, 0.15) is 28.8 Å². The summed E-state index contributed by atoms with van der Waals surface area (Å²) < 4.78 is 5.54. The van der Waals surface area contributed by atoms with E-state index in [1.165, 1.54) is 22.7 Å². The molecular weight excluding hydrogens is 448 g/mol. The van der Waals surface area contributed by atoms with Gasteiger partial charge in [-0.3, -0.25) is 14.4 Å². The Balaban J connectivity index is 1.64. The summed E-state index contributed by atoms with van der Waals surface area (Å²) in [7, 11) is 0. The summed E-state index contributed by atoms with van der Waals surface area (Å²) in [5, 5.41) is 10.1. The molecule has 3 aromatic rings. The molecule has 2 aliphatic heterocycles. The van der Waals surface area contributed by atoms with E-state index in [4.69, 9.17) is 4.74 Å². The van der Waals surface area contributed by atoms with Crippen molar-refractivity contribution in [3.8, 4) is 11.5 Å².